The van der Waals surface area contributed by atoms with Crippen LogP contribution in [0.2, 0.25) is 0 Å². The van der Waals surface area contributed by atoms with Crippen LogP contribution in [-0.2, 0) is 34.7 Å². The van der Waals surface area contributed by atoms with Gasteiger partial charge in [0.1, 0.15) is 0 Å². The highest BCUT2D eigenvalue weighted by atomic mass is 19.4. The van der Waals surface area contributed by atoms with Crippen molar-refractivity contribution in [2.75, 3.05) is 27.2 Å². The molecule has 1 aromatic heterocycles. The molecule has 0 aliphatic carbocycles. The number of ketones is 1. The maximum absolute atomic E-state index is 13.2. The van der Waals surface area contributed by atoms with E-state index >= 15 is 0 Å². The second kappa shape index (κ2) is 12.5. The van der Waals surface area contributed by atoms with Crippen LogP contribution in [0.4, 0.5) is 31.1 Å². The van der Waals surface area contributed by atoms with E-state index in [9.17, 15) is 35.9 Å². The molecule has 0 bridgehead atoms. The summed E-state index contributed by atoms with van der Waals surface area (Å²) in [5.41, 5.74) is -1.68. The van der Waals surface area contributed by atoms with Crippen molar-refractivity contribution in [3.05, 3.63) is 70.9 Å². The standard InChI is InChI=1S/C27H29F6N3O3/c1-36(2)10-5-11-39-25(38)35-23(14-18-16-34-22-7-4-3-6-21(18)22)24(37)9-8-17-12-19(26(28,29)30)15-20(13-17)27(31,32)33/h3-4,6-7,12-13,15-16,23,34H,5,8-11,14H2,1-2H3,(H,35,38). The number of aryl methyl sites for hydroxylation is 1. The molecule has 2 aromatic carbocycles. The van der Waals surface area contributed by atoms with E-state index in [-0.39, 0.29) is 31.1 Å². The summed E-state index contributed by atoms with van der Waals surface area (Å²) in [6.45, 7) is 0.768. The van der Waals surface area contributed by atoms with Gasteiger partial charge in [-0.05, 0) is 62.3 Å². The minimum atomic E-state index is -4.99. The fourth-order valence-corrected chi connectivity index (χ4v) is 4.10. The molecule has 1 amide bonds. The van der Waals surface area contributed by atoms with Crippen LogP contribution >= 0.6 is 0 Å². The van der Waals surface area contributed by atoms with Gasteiger partial charge in [0.2, 0.25) is 0 Å². The number of rotatable bonds is 11. The number of hydrogen-bond acceptors (Lipinski definition) is 4. The van der Waals surface area contributed by atoms with Gasteiger partial charge in [0, 0.05) is 36.5 Å². The number of Topliss-reactive ketones (excluding diaryl/α,β-unsaturated/α-hetero) is 1. The Morgan fingerprint density at radius 1 is 1.00 bits per heavy atom. The van der Waals surface area contributed by atoms with E-state index in [4.69, 9.17) is 4.74 Å². The van der Waals surface area contributed by atoms with E-state index in [1.54, 1.807) is 12.3 Å². The van der Waals surface area contributed by atoms with Crippen molar-refractivity contribution >= 4 is 22.8 Å². The Morgan fingerprint density at radius 3 is 2.26 bits per heavy atom. The number of alkyl carbamates (subject to hydrolysis) is 1. The van der Waals surface area contributed by atoms with Crippen molar-refractivity contribution in [3.63, 3.8) is 0 Å². The number of nitrogens with zero attached hydrogens (tertiary/aromatic N) is 1. The highest BCUT2D eigenvalue weighted by Crippen LogP contribution is 2.36. The molecule has 3 rings (SSSR count). The van der Waals surface area contributed by atoms with Crippen LogP contribution in [-0.4, -0.2) is 55.0 Å². The lowest BCUT2D eigenvalue weighted by Crippen LogP contribution is -2.43. The van der Waals surface area contributed by atoms with Gasteiger partial charge >= 0.3 is 18.4 Å². The number of para-hydroxylation sites is 1. The lowest BCUT2D eigenvalue weighted by atomic mass is 9.96. The second-order valence-electron chi connectivity index (χ2n) is 9.43. The van der Waals surface area contributed by atoms with Crippen molar-refractivity contribution in [1.29, 1.82) is 0 Å². The molecule has 0 fully saturated rings. The van der Waals surface area contributed by atoms with E-state index in [1.165, 1.54) is 0 Å². The molecule has 1 heterocycles. The fraction of sp³-hybridized carbons (Fsp3) is 0.407. The van der Waals surface area contributed by atoms with E-state index < -0.39 is 47.8 Å². The van der Waals surface area contributed by atoms with E-state index in [1.807, 2.05) is 37.2 Å². The molecule has 12 heteroatoms. The van der Waals surface area contributed by atoms with Crippen LogP contribution in [0.1, 0.15) is 35.1 Å². The zero-order valence-electron chi connectivity index (χ0n) is 21.4. The number of aromatic amines is 1. The number of halogens is 6. The van der Waals surface area contributed by atoms with Crippen LogP contribution in [0.25, 0.3) is 10.9 Å². The van der Waals surface area contributed by atoms with Gasteiger partial charge in [-0.15, -0.1) is 0 Å². The Balaban J connectivity index is 1.78. The summed E-state index contributed by atoms with van der Waals surface area (Å²) >= 11 is 0. The van der Waals surface area contributed by atoms with Crippen molar-refractivity contribution in [2.24, 2.45) is 0 Å². The molecule has 1 atom stereocenters. The number of hydrogen-bond donors (Lipinski definition) is 2. The van der Waals surface area contributed by atoms with Crippen LogP contribution in [0.3, 0.4) is 0 Å². The van der Waals surface area contributed by atoms with Crippen molar-refractivity contribution in [3.8, 4) is 0 Å². The SMILES string of the molecule is CN(C)CCCOC(=O)NC(Cc1c[nH]c2ccccc12)C(=O)CCc1cc(C(F)(F)F)cc(C(F)(F)F)c1. The molecule has 3 aromatic rings. The lowest BCUT2D eigenvalue weighted by Gasteiger charge is -2.18. The molecule has 0 radical (unpaired) electrons. The van der Waals surface area contributed by atoms with Gasteiger partial charge in [-0.1, -0.05) is 18.2 Å². The van der Waals surface area contributed by atoms with Gasteiger partial charge < -0.3 is 19.9 Å². The molecule has 0 saturated heterocycles. The Labute approximate surface area is 221 Å². The number of aromatic nitrogens is 1. The van der Waals surface area contributed by atoms with Crippen molar-refractivity contribution < 1.29 is 40.7 Å². The number of ether oxygens (including phenoxy) is 1. The topological polar surface area (TPSA) is 74.4 Å². The number of H-pyrrole nitrogens is 1. The summed E-state index contributed by atoms with van der Waals surface area (Å²) in [6, 6.07) is 7.40. The molecule has 0 spiro atoms. The van der Waals surface area contributed by atoms with Gasteiger partial charge in [-0.3, -0.25) is 4.79 Å². The number of benzene rings is 2. The van der Waals surface area contributed by atoms with E-state index in [0.717, 1.165) is 10.9 Å². The molecule has 1 unspecified atom stereocenters. The quantitative estimate of drug-likeness (QED) is 0.224. The van der Waals surface area contributed by atoms with Crippen molar-refractivity contribution in [2.45, 2.75) is 44.1 Å². The predicted octanol–water partition coefficient (Wildman–Crippen LogP) is 6.00. The highest BCUT2D eigenvalue weighted by molar-refractivity contribution is 5.89. The fourth-order valence-electron chi connectivity index (χ4n) is 4.10. The molecule has 0 aliphatic heterocycles. The number of amides is 1. The Kier molecular flexibility index (Phi) is 9.65. The molecular formula is C27H29F6N3O3. The summed E-state index contributed by atoms with van der Waals surface area (Å²) in [6.07, 6.45) is -9.32. The minimum absolute atomic E-state index is 0.0407. The van der Waals surface area contributed by atoms with E-state index in [0.29, 0.717) is 30.7 Å². The van der Waals surface area contributed by atoms with Crippen LogP contribution in [0.5, 0.6) is 0 Å². The van der Waals surface area contributed by atoms with Gasteiger partial charge in [-0.25, -0.2) is 4.79 Å². The average molecular weight is 558 g/mol. The summed E-state index contributed by atoms with van der Waals surface area (Å²) in [4.78, 5) is 30.6. The summed E-state index contributed by atoms with van der Waals surface area (Å²) in [5.74, 6) is -0.559. The molecule has 212 valence electrons. The largest absolute Gasteiger partial charge is 0.449 e. The highest BCUT2D eigenvalue weighted by Gasteiger charge is 2.37. The maximum Gasteiger partial charge on any atom is 0.416 e. The number of fused-ring (bicyclic) bond motifs is 1. The molecule has 39 heavy (non-hydrogen) atoms. The average Bonchev–Trinajstić information content (AvgIpc) is 3.26. The third-order valence-electron chi connectivity index (χ3n) is 6.07. The first-order valence-electron chi connectivity index (χ1n) is 12.2. The molecule has 6 nitrogen and oxygen atoms in total. The molecule has 0 aliphatic rings. The monoisotopic (exact) mass is 557 g/mol. The third kappa shape index (κ3) is 8.74. The van der Waals surface area contributed by atoms with E-state index in [2.05, 4.69) is 10.3 Å². The van der Waals surface area contributed by atoms with Crippen molar-refractivity contribution in [1.82, 2.24) is 15.2 Å². The van der Waals surface area contributed by atoms with Gasteiger partial charge in [0.15, 0.2) is 5.78 Å². The predicted molar refractivity (Wildman–Crippen MR) is 133 cm³/mol. The first kappa shape index (κ1) is 30.0. The Hall–Kier alpha value is -3.54. The maximum atomic E-state index is 13.2. The summed E-state index contributed by atoms with van der Waals surface area (Å²) < 4.78 is 84.5. The summed E-state index contributed by atoms with van der Waals surface area (Å²) in [5, 5.41) is 3.33. The van der Waals surface area contributed by atoms with Crippen LogP contribution in [0, 0.1) is 0 Å². The van der Waals surface area contributed by atoms with Gasteiger partial charge in [0.25, 0.3) is 0 Å². The van der Waals surface area contributed by atoms with Gasteiger partial charge in [-0.2, -0.15) is 26.3 Å². The number of carbonyl (C=O) groups excluding carboxylic acids is 2. The number of nitrogens with one attached hydrogen (secondary N) is 2. The second-order valence-corrected chi connectivity index (χ2v) is 9.43. The van der Waals surface area contributed by atoms with Crippen LogP contribution < -0.4 is 5.32 Å². The first-order valence-corrected chi connectivity index (χ1v) is 12.2. The summed E-state index contributed by atoms with van der Waals surface area (Å²) in [7, 11) is 3.72. The first-order chi connectivity index (χ1) is 18.2. The Bertz CT molecular complexity index is 1250. The minimum Gasteiger partial charge on any atom is -0.449 e. The zero-order valence-corrected chi connectivity index (χ0v) is 21.4. The Morgan fingerprint density at radius 2 is 1.64 bits per heavy atom. The smallest absolute Gasteiger partial charge is 0.416 e. The number of carbonyl (C=O) groups is 2. The molecular weight excluding hydrogens is 528 g/mol. The zero-order chi connectivity index (χ0) is 28.8. The van der Waals surface area contributed by atoms with Gasteiger partial charge in [0.05, 0.1) is 23.8 Å². The van der Waals surface area contributed by atoms with Crippen LogP contribution in [0.15, 0.2) is 48.7 Å². The molecule has 2 N–H and O–H groups in total. The molecule has 0 saturated carbocycles. The number of alkyl halides is 6. The lowest BCUT2D eigenvalue weighted by molar-refractivity contribution is -0.143. The normalized spacial score (nSPS) is 13.1. The third-order valence-corrected chi connectivity index (χ3v) is 6.07.